The van der Waals surface area contributed by atoms with Gasteiger partial charge in [-0.15, -0.1) is 0 Å². The fourth-order valence-corrected chi connectivity index (χ4v) is 4.17. The van der Waals surface area contributed by atoms with Gasteiger partial charge in [0.05, 0.1) is 30.5 Å². The van der Waals surface area contributed by atoms with Gasteiger partial charge >= 0.3 is 0 Å². The van der Waals surface area contributed by atoms with Crippen LogP contribution in [0.2, 0.25) is 0 Å². The molecule has 1 N–H and O–H groups in total. The maximum Gasteiger partial charge on any atom is 0.229 e. The molecule has 4 rings (SSSR count). The number of hydrogen-bond acceptors (Lipinski definition) is 4. The topological polar surface area (TPSA) is 61.9 Å². The summed E-state index contributed by atoms with van der Waals surface area (Å²) in [5.74, 6) is -0.470. The minimum Gasteiger partial charge on any atom is -0.378 e. The number of benzene rings is 2. The molecule has 0 saturated carbocycles. The van der Waals surface area contributed by atoms with Crippen LogP contribution in [-0.4, -0.2) is 44.7 Å². The van der Waals surface area contributed by atoms with E-state index in [0.717, 1.165) is 41.3 Å². The Bertz CT molecular complexity index is 901. The van der Waals surface area contributed by atoms with Gasteiger partial charge in [0.15, 0.2) is 0 Å². The Balaban J connectivity index is 1.50. The molecule has 0 bridgehead atoms. The van der Waals surface area contributed by atoms with Gasteiger partial charge < -0.3 is 19.9 Å². The molecule has 6 heteroatoms. The number of ether oxygens (including phenoxy) is 1. The summed E-state index contributed by atoms with van der Waals surface area (Å²) in [6.07, 6.45) is 0.230. The summed E-state index contributed by atoms with van der Waals surface area (Å²) in [6.45, 7) is 7.38. The minimum atomic E-state index is -0.360. The van der Waals surface area contributed by atoms with Gasteiger partial charge in [-0.2, -0.15) is 0 Å². The number of hydrogen-bond donors (Lipinski definition) is 1. The predicted molar refractivity (Wildman–Crippen MR) is 114 cm³/mol. The van der Waals surface area contributed by atoms with E-state index in [1.807, 2.05) is 50.2 Å². The molecule has 2 fully saturated rings. The summed E-state index contributed by atoms with van der Waals surface area (Å²) < 4.78 is 5.45. The van der Waals surface area contributed by atoms with E-state index in [0.29, 0.717) is 19.8 Å². The summed E-state index contributed by atoms with van der Waals surface area (Å²) in [4.78, 5) is 29.6. The first-order valence-electron chi connectivity index (χ1n) is 10.1. The number of aryl methyl sites for hydroxylation is 2. The number of nitrogens with zero attached hydrogens (tertiary/aromatic N) is 2. The third-order valence-electron chi connectivity index (χ3n) is 5.51. The fraction of sp³-hybridized carbons (Fsp3) is 0.391. The number of carbonyl (C=O) groups is 2. The molecule has 2 heterocycles. The summed E-state index contributed by atoms with van der Waals surface area (Å²) in [7, 11) is 0. The van der Waals surface area contributed by atoms with Crippen molar-refractivity contribution in [2.24, 2.45) is 5.92 Å². The van der Waals surface area contributed by atoms with Crippen molar-refractivity contribution < 1.29 is 14.3 Å². The number of carbonyl (C=O) groups excluding carboxylic acids is 2. The highest BCUT2D eigenvalue weighted by atomic mass is 16.5. The summed E-state index contributed by atoms with van der Waals surface area (Å²) in [5, 5.41) is 2.99. The Morgan fingerprint density at radius 1 is 1.03 bits per heavy atom. The Morgan fingerprint density at radius 3 is 2.38 bits per heavy atom. The van der Waals surface area contributed by atoms with Crippen molar-refractivity contribution in [2.45, 2.75) is 20.3 Å². The molecular formula is C23H27N3O3. The molecule has 2 aromatic carbocycles. The van der Waals surface area contributed by atoms with E-state index < -0.39 is 0 Å². The van der Waals surface area contributed by atoms with Gasteiger partial charge in [0, 0.05) is 31.7 Å². The van der Waals surface area contributed by atoms with Gasteiger partial charge in [0.1, 0.15) is 0 Å². The minimum absolute atomic E-state index is 0.00807. The van der Waals surface area contributed by atoms with Crippen molar-refractivity contribution in [2.75, 3.05) is 48.0 Å². The Labute approximate surface area is 171 Å². The molecule has 2 saturated heterocycles. The molecule has 0 radical (unpaired) electrons. The van der Waals surface area contributed by atoms with Crippen LogP contribution in [0.25, 0.3) is 0 Å². The zero-order valence-corrected chi connectivity index (χ0v) is 17.0. The highest BCUT2D eigenvalue weighted by Crippen LogP contribution is 2.34. The maximum absolute atomic E-state index is 12.8. The van der Waals surface area contributed by atoms with Crippen LogP contribution in [0.15, 0.2) is 42.5 Å². The predicted octanol–water partition coefficient (Wildman–Crippen LogP) is 3.13. The Kier molecular flexibility index (Phi) is 5.53. The lowest BCUT2D eigenvalue weighted by molar-refractivity contribution is -0.122. The average Bonchev–Trinajstić information content (AvgIpc) is 3.09. The van der Waals surface area contributed by atoms with Crippen molar-refractivity contribution in [3.8, 4) is 0 Å². The van der Waals surface area contributed by atoms with Crippen molar-refractivity contribution in [1.82, 2.24) is 0 Å². The fourth-order valence-electron chi connectivity index (χ4n) is 4.17. The molecule has 2 aliphatic rings. The molecule has 6 nitrogen and oxygen atoms in total. The van der Waals surface area contributed by atoms with Gasteiger partial charge in [-0.3, -0.25) is 9.59 Å². The first kappa shape index (κ1) is 19.5. The van der Waals surface area contributed by atoms with E-state index in [2.05, 4.69) is 16.3 Å². The normalized spacial score (nSPS) is 19.5. The van der Waals surface area contributed by atoms with Crippen LogP contribution in [-0.2, 0) is 14.3 Å². The highest BCUT2D eigenvalue weighted by molar-refractivity contribution is 6.05. The third kappa shape index (κ3) is 4.27. The summed E-state index contributed by atoms with van der Waals surface area (Å²) >= 11 is 0. The lowest BCUT2D eigenvalue weighted by Crippen LogP contribution is -2.38. The monoisotopic (exact) mass is 393 g/mol. The Morgan fingerprint density at radius 2 is 1.69 bits per heavy atom. The van der Waals surface area contributed by atoms with Crippen molar-refractivity contribution in [1.29, 1.82) is 0 Å². The van der Waals surface area contributed by atoms with E-state index in [9.17, 15) is 9.59 Å². The van der Waals surface area contributed by atoms with E-state index >= 15 is 0 Å². The first-order valence-corrected chi connectivity index (χ1v) is 10.1. The van der Waals surface area contributed by atoms with Crippen molar-refractivity contribution in [3.63, 3.8) is 0 Å². The second-order valence-corrected chi connectivity index (χ2v) is 7.86. The molecule has 1 unspecified atom stereocenters. The quantitative estimate of drug-likeness (QED) is 0.867. The maximum atomic E-state index is 12.8. The van der Waals surface area contributed by atoms with Crippen molar-refractivity contribution in [3.05, 3.63) is 53.6 Å². The second-order valence-electron chi connectivity index (χ2n) is 7.86. The van der Waals surface area contributed by atoms with Crippen LogP contribution >= 0.6 is 0 Å². The van der Waals surface area contributed by atoms with Gasteiger partial charge in [0.25, 0.3) is 0 Å². The zero-order valence-electron chi connectivity index (χ0n) is 17.0. The second kappa shape index (κ2) is 8.25. The molecule has 2 aliphatic heterocycles. The van der Waals surface area contributed by atoms with Crippen LogP contribution in [0.1, 0.15) is 17.5 Å². The number of rotatable bonds is 4. The lowest BCUT2D eigenvalue weighted by atomic mass is 10.1. The van der Waals surface area contributed by atoms with Crippen LogP contribution in [0.4, 0.5) is 17.1 Å². The zero-order chi connectivity index (χ0) is 20.4. The smallest absolute Gasteiger partial charge is 0.229 e. The highest BCUT2D eigenvalue weighted by Gasteiger charge is 2.36. The summed E-state index contributed by atoms with van der Waals surface area (Å²) in [5.41, 5.74) is 4.89. The van der Waals surface area contributed by atoms with Gasteiger partial charge in [0.2, 0.25) is 11.8 Å². The molecule has 0 spiro atoms. The largest absolute Gasteiger partial charge is 0.378 e. The van der Waals surface area contributed by atoms with Gasteiger partial charge in [-0.25, -0.2) is 0 Å². The van der Waals surface area contributed by atoms with E-state index in [-0.39, 0.29) is 24.2 Å². The van der Waals surface area contributed by atoms with Crippen LogP contribution < -0.4 is 15.1 Å². The van der Waals surface area contributed by atoms with E-state index in [4.69, 9.17) is 4.74 Å². The summed E-state index contributed by atoms with van der Waals surface area (Å²) in [6, 6.07) is 13.9. The Hall–Kier alpha value is -2.86. The van der Waals surface area contributed by atoms with E-state index in [1.54, 1.807) is 4.90 Å². The standard InChI is InChI=1S/C23H27N3O3/c1-16-11-17(2)13-19(12-16)24-23(28)18-14-22(27)26(15-18)21-6-4-3-5-20(21)25-7-9-29-10-8-25/h3-6,11-13,18H,7-10,14-15H2,1-2H3,(H,24,28). The average molecular weight is 393 g/mol. The van der Waals surface area contributed by atoms with Crippen LogP contribution in [0.3, 0.4) is 0 Å². The van der Waals surface area contributed by atoms with Crippen LogP contribution in [0.5, 0.6) is 0 Å². The molecule has 2 amide bonds. The SMILES string of the molecule is Cc1cc(C)cc(NC(=O)C2CC(=O)N(c3ccccc3N3CCOCC3)C2)c1. The van der Waals surface area contributed by atoms with Gasteiger partial charge in [-0.05, 0) is 49.2 Å². The number of morpholine rings is 1. The van der Waals surface area contributed by atoms with Crippen LogP contribution in [0, 0.1) is 19.8 Å². The number of amides is 2. The first-order chi connectivity index (χ1) is 14.0. The molecule has 1 atom stereocenters. The molecular weight excluding hydrogens is 366 g/mol. The third-order valence-corrected chi connectivity index (χ3v) is 5.51. The molecule has 152 valence electrons. The molecule has 2 aromatic rings. The van der Waals surface area contributed by atoms with E-state index in [1.165, 1.54) is 0 Å². The lowest BCUT2D eigenvalue weighted by Gasteiger charge is -2.32. The molecule has 0 aromatic heterocycles. The number of para-hydroxylation sites is 2. The number of nitrogens with one attached hydrogen (secondary N) is 1. The van der Waals surface area contributed by atoms with Crippen molar-refractivity contribution >= 4 is 28.9 Å². The number of anilines is 3. The molecule has 0 aliphatic carbocycles. The molecule has 29 heavy (non-hydrogen) atoms. The van der Waals surface area contributed by atoms with Gasteiger partial charge in [-0.1, -0.05) is 18.2 Å².